The molecule has 0 unspecified atom stereocenters. The molecule has 0 fully saturated rings. The topological polar surface area (TPSA) is 8.81 Å². The van der Waals surface area contributed by atoms with E-state index < -0.39 is 0 Å². The molecule has 0 amide bonds. The van der Waals surface area contributed by atoms with E-state index in [9.17, 15) is 0 Å². The van der Waals surface area contributed by atoms with Crippen LogP contribution in [-0.2, 0) is 19.5 Å². The second-order valence-electron chi connectivity index (χ2n) is 8.44. The van der Waals surface area contributed by atoms with Crippen LogP contribution in [0.1, 0.15) is 36.7 Å². The Bertz CT molecular complexity index is 1230. The molecule has 0 radical (unpaired) electrons. The van der Waals surface area contributed by atoms with Crippen molar-refractivity contribution in [2.75, 3.05) is 0 Å². The van der Waals surface area contributed by atoms with Crippen molar-refractivity contribution in [1.82, 2.24) is 4.57 Å². The van der Waals surface area contributed by atoms with Crippen LogP contribution in [-0.4, -0.2) is 4.57 Å². The second-order valence-corrected chi connectivity index (χ2v) is 8.44. The lowest BCUT2D eigenvalue weighted by Crippen LogP contribution is -2.38. The maximum Gasteiger partial charge on any atom is 0.256 e. The van der Waals surface area contributed by atoms with Crippen molar-refractivity contribution >= 4 is 21.5 Å². The number of fused-ring (bicyclic) bond motifs is 2. The van der Waals surface area contributed by atoms with Crippen LogP contribution in [0.3, 0.4) is 0 Å². The molecule has 154 valence electrons. The van der Waals surface area contributed by atoms with Crippen LogP contribution in [0.5, 0.6) is 0 Å². The lowest BCUT2D eigenvalue weighted by molar-refractivity contribution is -0.695. The summed E-state index contributed by atoms with van der Waals surface area (Å²) in [5, 5.41) is 5.23. The largest absolute Gasteiger partial charge is 0.256 e. The Morgan fingerprint density at radius 1 is 0.710 bits per heavy atom. The maximum atomic E-state index is 2.43. The monoisotopic (exact) mass is 405 g/mol. The van der Waals surface area contributed by atoms with E-state index in [1.54, 1.807) is 0 Å². The molecular weight excluding hydrogens is 376 g/mol. The van der Waals surface area contributed by atoms with Gasteiger partial charge in [0.1, 0.15) is 25.5 Å². The third-order valence-corrected chi connectivity index (χ3v) is 6.18. The quantitative estimate of drug-likeness (QED) is 0.273. The summed E-state index contributed by atoms with van der Waals surface area (Å²) in [5.74, 6) is 1.41. The van der Waals surface area contributed by atoms with E-state index in [-0.39, 0.29) is 0 Å². The van der Waals surface area contributed by atoms with E-state index in [4.69, 9.17) is 0 Å². The first-order valence-electron chi connectivity index (χ1n) is 11.3. The van der Waals surface area contributed by atoms with Gasteiger partial charge in [-0.3, -0.25) is 0 Å². The second kappa shape index (κ2) is 8.77. The summed E-state index contributed by atoms with van der Waals surface area (Å²) in [4.78, 5) is 0. The van der Waals surface area contributed by atoms with Crippen LogP contribution in [0.25, 0.3) is 21.5 Å². The predicted molar refractivity (Wildman–Crippen MR) is 129 cm³/mol. The summed E-state index contributed by atoms with van der Waals surface area (Å²) >= 11 is 0. The van der Waals surface area contributed by atoms with Gasteiger partial charge >= 0.3 is 0 Å². The van der Waals surface area contributed by atoms with Gasteiger partial charge in [0.15, 0.2) is 0 Å². The Kier molecular flexibility index (Phi) is 5.54. The zero-order valence-electron chi connectivity index (χ0n) is 18.2. The Labute approximate surface area is 184 Å². The first-order valence-corrected chi connectivity index (χ1v) is 11.3. The molecular formula is C29H29N2+. The van der Waals surface area contributed by atoms with Crippen LogP contribution in [0.15, 0.2) is 97.3 Å². The van der Waals surface area contributed by atoms with Gasteiger partial charge in [-0.15, -0.1) is 0 Å². The number of imidazole rings is 1. The Hall–Kier alpha value is -3.39. The number of hydrogen-bond acceptors (Lipinski definition) is 0. The van der Waals surface area contributed by atoms with Crippen molar-refractivity contribution in [3.63, 3.8) is 0 Å². The zero-order chi connectivity index (χ0) is 21.0. The molecule has 4 aromatic carbocycles. The average Bonchev–Trinajstić information content (AvgIpc) is 3.18. The molecule has 1 aromatic heterocycles. The summed E-state index contributed by atoms with van der Waals surface area (Å²) in [6.45, 7) is 4.09. The molecule has 0 atom stereocenters. The minimum Gasteiger partial charge on any atom is -0.230 e. The summed E-state index contributed by atoms with van der Waals surface area (Å²) in [6, 6.07) is 30.9. The molecule has 2 nitrogen and oxygen atoms in total. The molecule has 0 aliphatic heterocycles. The predicted octanol–water partition coefficient (Wildman–Crippen LogP) is 6.52. The third kappa shape index (κ3) is 4.25. The minimum absolute atomic E-state index is 0.911. The highest BCUT2D eigenvalue weighted by atomic mass is 15.1. The fraction of sp³-hybridized carbons (Fsp3) is 0.207. The number of unbranched alkanes of at least 4 members (excludes halogenated alkanes) is 1. The molecule has 5 rings (SSSR count). The van der Waals surface area contributed by atoms with Gasteiger partial charge in [-0.1, -0.05) is 86.1 Å². The van der Waals surface area contributed by atoms with Gasteiger partial charge in [-0.05, 0) is 51.2 Å². The van der Waals surface area contributed by atoms with Crippen molar-refractivity contribution < 1.29 is 4.57 Å². The number of rotatable bonds is 7. The van der Waals surface area contributed by atoms with Crippen LogP contribution >= 0.6 is 0 Å². The normalized spacial score (nSPS) is 11.4. The maximum absolute atomic E-state index is 2.43. The lowest BCUT2D eigenvalue weighted by atomic mass is 10.1. The highest BCUT2D eigenvalue weighted by molar-refractivity contribution is 5.83. The van der Waals surface area contributed by atoms with Crippen molar-refractivity contribution in [3.05, 3.63) is 114 Å². The zero-order valence-corrected chi connectivity index (χ0v) is 18.2. The fourth-order valence-corrected chi connectivity index (χ4v) is 4.48. The molecule has 0 aliphatic rings. The van der Waals surface area contributed by atoms with Gasteiger partial charge in [0.2, 0.25) is 0 Å². The van der Waals surface area contributed by atoms with Crippen molar-refractivity contribution in [2.24, 2.45) is 0 Å². The number of nitrogens with zero attached hydrogens (tertiary/aromatic N) is 2. The smallest absolute Gasteiger partial charge is 0.230 e. The number of benzene rings is 4. The van der Waals surface area contributed by atoms with E-state index in [1.807, 2.05) is 0 Å². The SMILES string of the molecule is CCCCc1n(Cc2ccc3ccccc3c2)cc[n+]1Cc1ccc2ccccc2c1. The molecule has 2 heteroatoms. The summed E-state index contributed by atoms with van der Waals surface area (Å²) in [6.07, 6.45) is 8.02. The van der Waals surface area contributed by atoms with Crippen molar-refractivity contribution in [2.45, 2.75) is 39.3 Å². The summed E-state index contributed by atoms with van der Waals surface area (Å²) in [7, 11) is 0. The Morgan fingerprint density at radius 2 is 1.32 bits per heavy atom. The van der Waals surface area contributed by atoms with Gasteiger partial charge in [-0.2, -0.15) is 0 Å². The van der Waals surface area contributed by atoms with Gasteiger partial charge in [0.05, 0.1) is 0 Å². The van der Waals surface area contributed by atoms with Crippen LogP contribution in [0, 0.1) is 0 Å². The Balaban J connectivity index is 1.44. The first kappa shape index (κ1) is 19.6. The molecule has 0 saturated heterocycles. The molecule has 31 heavy (non-hydrogen) atoms. The van der Waals surface area contributed by atoms with Crippen LogP contribution < -0.4 is 4.57 Å². The van der Waals surface area contributed by atoms with E-state index in [0.717, 1.165) is 19.5 Å². The minimum atomic E-state index is 0.911. The lowest BCUT2D eigenvalue weighted by Gasteiger charge is -2.07. The van der Waals surface area contributed by atoms with Gasteiger partial charge in [-0.25, -0.2) is 9.13 Å². The van der Waals surface area contributed by atoms with E-state index >= 15 is 0 Å². The van der Waals surface area contributed by atoms with E-state index in [1.165, 1.54) is 51.3 Å². The van der Waals surface area contributed by atoms with Crippen molar-refractivity contribution in [3.8, 4) is 0 Å². The number of aromatic nitrogens is 2. The molecule has 1 heterocycles. The van der Waals surface area contributed by atoms with Crippen LogP contribution in [0.4, 0.5) is 0 Å². The summed E-state index contributed by atoms with van der Waals surface area (Å²) < 4.78 is 4.86. The molecule has 0 N–H and O–H groups in total. The number of hydrogen-bond donors (Lipinski definition) is 0. The fourth-order valence-electron chi connectivity index (χ4n) is 4.48. The van der Waals surface area contributed by atoms with Crippen LogP contribution in [0.2, 0.25) is 0 Å². The summed E-state index contributed by atoms with van der Waals surface area (Å²) in [5.41, 5.74) is 2.70. The van der Waals surface area contributed by atoms with Gasteiger partial charge < -0.3 is 0 Å². The average molecular weight is 406 g/mol. The van der Waals surface area contributed by atoms with Gasteiger partial charge in [0.25, 0.3) is 5.82 Å². The Morgan fingerprint density at radius 3 is 2.00 bits per heavy atom. The first-order chi connectivity index (χ1) is 15.3. The molecule has 0 bridgehead atoms. The van der Waals surface area contributed by atoms with E-state index in [0.29, 0.717) is 0 Å². The highest BCUT2D eigenvalue weighted by Gasteiger charge is 2.17. The molecule has 0 saturated carbocycles. The van der Waals surface area contributed by atoms with Gasteiger partial charge in [0, 0.05) is 6.42 Å². The molecule has 0 aliphatic carbocycles. The molecule has 0 spiro atoms. The highest BCUT2D eigenvalue weighted by Crippen LogP contribution is 2.18. The molecule has 5 aromatic rings. The van der Waals surface area contributed by atoms with E-state index in [2.05, 4.69) is 113 Å². The standard InChI is InChI=1S/C29H29N2/c1-2-3-12-29-30(21-23-13-15-25-8-4-6-10-27(25)19-23)17-18-31(29)22-24-14-16-26-9-5-7-11-28(26)20-24/h4-11,13-20H,2-3,12,21-22H2,1H3/q+1. The van der Waals surface area contributed by atoms with Crippen molar-refractivity contribution in [1.29, 1.82) is 0 Å². The third-order valence-electron chi connectivity index (χ3n) is 6.18.